The van der Waals surface area contributed by atoms with Gasteiger partial charge in [-0.15, -0.1) is 0 Å². The second-order valence-corrected chi connectivity index (χ2v) is 3.69. The van der Waals surface area contributed by atoms with E-state index in [1.807, 2.05) is 0 Å². The van der Waals surface area contributed by atoms with Crippen molar-refractivity contribution in [1.29, 1.82) is 0 Å². The quantitative estimate of drug-likeness (QED) is 0.663. The molecule has 0 spiro atoms. The highest BCUT2D eigenvalue weighted by Crippen LogP contribution is 1.96. The first-order chi connectivity index (χ1) is 4.52. The molecule has 0 saturated carbocycles. The molecule has 0 aromatic carbocycles. The molecular formula is C5H11F2NOS. The number of alkyl halides is 2. The molecule has 0 aromatic rings. The van der Waals surface area contributed by atoms with Gasteiger partial charge >= 0.3 is 0 Å². The number of halogens is 2. The summed E-state index contributed by atoms with van der Waals surface area (Å²) in [6, 6.07) is -0.264. The zero-order chi connectivity index (χ0) is 8.15. The van der Waals surface area contributed by atoms with Crippen LogP contribution in [0, 0.1) is 0 Å². The Morgan fingerprint density at radius 2 is 2.00 bits per heavy atom. The van der Waals surface area contributed by atoms with E-state index in [4.69, 9.17) is 5.73 Å². The zero-order valence-corrected chi connectivity index (χ0v) is 6.54. The summed E-state index contributed by atoms with van der Waals surface area (Å²) < 4.78 is 33.6. The maximum atomic E-state index is 11.5. The van der Waals surface area contributed by atoms with Gasteiger partial charge in [0.1, 0.15) is 0 Å². The first-order valence-corrected chi connectivity index (χ1v) is 4.40. The van der Waals surface area contributed by atoms with Crippen molar-refractivity contribution < 1.29 is 13.0 Å². The molecule has 5 heteroatoms. The summed E-state index contributed by atoms with van der Waals surface area (Å²) >= 11 is 0. The Morgan fingerprint density at radius 3 is 2.30 bits per heavy atom. The average molecular weight is 171 g/mol. The molecule has 2 unspecified atom stereocenters. The highest BCUT2D eigenvalue weighted by molar-refractivity contribution is 7.85. The lowest BCUT2D eigenvalue weighted by Crippen LogP contribution is -2.25. The normalized spacial score (nSPS) is 17.3. The highest BCUT2D eigenvalue weighted by atomic mass is 32.2. The maximum Gasteiger partial charge on any atom is 0.250 e. The second-order valence-electron chi connectivity index (χ2n) is 2.14. The van der Waals surface area contributed by atoms with Crippen LogP contribution in [0.5, 0.6) is 0 Å². The topological polar surface area (TPSA) is 43.1 Å². The molecule has 2 atom stereocenters. The third-order valence-electron chi connectivity index (χ3n) is 0.761. The number of rotatable bonds is 4. The van der Waals surface area contributed by atoms with Crippen LogP contribution in [0.1, 0.15) is 6.92 Å². The van der Waals surface area contributed by atoms with Gasteiger partial charge in [0, 0.05) is 22.6 Å². The van der Waals surface area contributed by atoms with Gasteiger partial charge in [-0.05, 0) is 6.92 Å². The SMILES string of the molecule is CC(N)CS(=O)CC(F)F. The molecule has 2 nitrogen and oxygen atoms in total. The van der Waals surface area contributed by atoms with E-state index in [-0.39, 0.29) is 11.8 Å². The third-order valence-corrected chi connectivity index (χ3v) is 2.28. The summed E-state index contributed by atoms with van der Waals surface area (Å²) in [7, 11) is -1.46. The van der Waals surface area contributed by atoms with Crippen LogP contribution >= 0.6 is 0 Å². The van der Waals surface area contributed by atoms with E-state index in [1.165, 1.54) is 0 Å². The lowest BCUT2D eigenvalue weighted by Gasteiger charge is -2.03. The van der Waals surface area contributed by atoms with E-state index >= 15 is 0 Å². The van der Waals surface area contributed by atoms with Crippen LogP contribution in [0.2, 0.25) is 0 Å². The Balaban J connectivity index is 3.44. The second kappa shape index (κ2) is 4.73. The molecular weight excluding hydrogens is 160 g/mol. The van der Waals surface area contributed by atoms with E-state index in [0.717, 1.165) is 0 Å². The van der Waals surface area contributed by atoms with Gasteiger partial charge in [0.15, 0.2) is 0 Å². The summed E-state index contributed by atoms with van der Waals surface area (Å²) in [5.74, 6) is -0.397. The fourth-order valence-corrected chi connectivity index (χ4v) is 1.51. The molecule has 2 N–H and O–H groups in total. The smallest absolute Gasteiger partial charge is 0.250 e. The zero-order valence-electron chi connectivity index (χ0n) is 5.72. The molecule has 0 bridgehead atoms. The van der Waals surface area contributed by atoms with E-state index in [1.54, 1.807) is 6.92 Å². The van der Waals surface area contributed by atoms with Gasteiger partial charge in [-0.2, -0.15) is 0 Å². The molecule has 0 saturated heterocycles. The molecule has 0 rings (SSSR count). The van der Waals surface area contributed by atoms with Crippen molar-refractivity contribution in [1.82, 2.24) is 0 Å². The first kappa shape index (κ1) is 9.97. The molecule has 0 aliphatic rings. The van der Waals surface area contributed by atoms with Gasteiger partial charge in [-0.3, -0.25) is 4.21 Å². The predicted molar refractivity (Wildman–Crippen MR) is 37.5 cm³/mol. The van der Waals surface area contributed by atoms with Crippen molar-refractivity contribution >= 4 is 10.8 Å². The molecule has 0 aromatic heterocycles. The van der Waals surface area contributed by atoms with Gasteiger partial charge in [0.25, 0.3) is 0 Å². The van der Waals surface area contributed by atoms with Gasteiger partial charge < -0.3 is 5.73 Å². The molecule has 0 aliphatic carbocycles. The molecule has 0 radical (unpaired) electrons. The van der Waals surface area contributed by atoms with Crippen LogP contribution in [0.3, 0.4) is 0 Å². The Morgan fingerprint density at radius 1 is 1.50 bits per heavy atom. The van der Waals surface area contributed by atoms with Crippen LogP contribution in [-0.2, 0) is 10.8 Å². The first-order valence-electron chi connectivity index (χ1n) is 2.91. The maximum absolute atomic E-state index is 11.5. The summed E-state index contributed by atoms with van der Waals surface area (Å²) in [5, 5.41) is 0. The Kier molecular flexibility index (Phi) is 4.72. The van der Waals surface area contributed by atoms with E-state index in [9.17, 15) is 13.0 Å². The Bertz CT molecular complexity index is 106. The van der Waals surface area contributed by atoms with Gasteiger partial charge in [-0.25, -0.2) is 8.78 Å². The van der Waals surface area contributed by atoms with Gasteiger partial charge in [0.2, 0.25) is 6.43 Å². The summed E-state index contributed by atoms with van der Waals surface area (Å²) in [5.41, 5.74) is 5.23. The van der Waals surface area contributed by atoms with Crippen molar-refractivity contribution in [3.05, 3.63) is 0 Å². The Hall–Kier alpha value is -0.0300. The standard InChI is InChI=1S/C5H11F2NOS/c1-4(8)2-10(9)3-5(6)7/h4-5H,2-3,8H2,1H3. The minimum atomic E-state index is -2.49. The molecule has 0 amide bonds. The van der Waals surface area contributed by atoms with Crippen LogP contribution < -0.4 is 5.73 Å². The van der Waals surface area contributed by atoms with Crippen molar-refractivity contribution in [2.75, 3.05) is 11.5 Å². The fourth-order valence-electron chi connectivity index (χ4n) is 0.502. The lowest BCUT2D eigenvalue weighted by atomic mass is 10.4. The predicted octanol–water partition coefficient (Wildman–Crippen LogP) is 0.347. The van der Waals surface area contributed by atoms with E-state index in [0.29, 0.717) is 0 Å². The van der Waals surface area contributed by atoms with Crippen LogP contribution in [0.15, 0.2) is 0 Å². The minimum Gasteiger partial charge on any atom is -0.327 e. The number of nitrogens with two attached hydrogens (primary N) is 1. The monoisotopic (exact) mass is 171 g/mol. The van der Waals surface area contributed by atoms with Gasteiger partial charge in [0.05, 0.1) is 5.75 Å². The van der Waals surface area contributed by atoms with Gasteiger partial charge in [-0.1, -0.05) is 0 Å². The minimum absolute atomic E-state index is 0.157. The summed E-state index contributed by atoms with van der Waals surface area (Å²) in [6.07, 6.45) is -2.49. The van der Waals surface area contributed by atoms with Crippen LogP contribution in [-0.4, -0.2) is 28.2 Å². The van der Waals surface area contributed by atoms with Crippen molar-refractivity contribution in [2.24, 2.45) is 5.73 Å². The molecule has 0 fully saturated rings. The van der Waals surface area contributed by atoms with Crippen LogP contribution in [0.25, 0.3) is 0 Å². The molecule has 0 heterocycles. The van der Waals surface area contributed by atoms with E-state index < -0.39 is 23.0 Å². The number of hydrogen-bond donors (Lipinski definition) is 1. The van der Waals surface area contributed by atoms with Crippen LogP contribution in [0.4, 0.5) is 8.78 Å². The largest absolute Gasteiger partial charge is 0.327 e. The molecule has 62 valence electrons. The third kappa shape index (κ3) is 6.10. The Labute approximate surface area is 61.2 Å². The van der Waals surface area contributed by atoms with Crippen molar-refractivity contribution in [3.63, 3.8) is 0 Å². The van der Waals surface area contributed by atoms with E-state index in [2.05, 4.69) is 0 Å². The lowest BCUT2D eigenvalue weighted by molar-refractivity contribution is 0.175. The molecule has 10 heavy (non-hydrogen) atoms. The highest BCUT2D eigenvalue weighted by Gasteiger charge is 2.10. The average Bonchev–Trinajstić information content (AvgIpc) is 1.58. The van der Waals surface area contributed by atoms with Crippen molar-refractivity contribution in [2.45, 2.75) is 19.4 Å². The summed E-state index contributed by atoms with van der Waals surface area (Å²) in [6.45, 7) is 1.64. The molecule has 0 aliphatic heterocycles. The van der Waals surface area contributed by atoms with Crippen molar-refractivity contribution in [3.8, 4) is 0 Å². The number of hydrogen-bond acceptors (Lipinski definition) is 2. The fraction of sp³-hybridized carbons (Fsp3) is 1.00. The summed E-state index contributed by atoms with van der Waals surface area (Å²) in [4.78, 5) is 0.